The quantitative estimate of drug-likeness (QED) is 0.255. The number of anilines is 2. The maximum absolute atomic E-state index is 13.9. The number of Topliss-reactive ketones (excluding diaryl/α,β-unsaturated/α-hetero) is 1. The van der Waals surface area contributed by atoms with E-state index in [1.807, 2.05) is 6.20 Å². The van der Waals surface area contributed by atoms with E-state index in [0.717, 1.165) is 0 Å². The highest BCUT2D eigenvalue weighted by Gasteiger charge is 2.26. The molecule has 0 bridgehead atoms. The van der Waals surface area contributed by atoms with Gasteiger partial charge in [-0.25, -0.2) is 19.3 Å². The van der Waals surface area contributed by atoms with E-state index in [0.29, 0.717) is 58.2 Å². The second-order valence-corrected chi connectivity index (χ2v) is 11.5. The number of aliphatic hydroxyl groups is 1. The molecule has 4 N–H and O–H groups in total. The van der Waals surface area contributed by atoms with Gasteiger partial charge in [0.25, 0.3) is 11.5 Å². The normalized spacial score (nSPS) is 13.2. The molecule has 44 heavy (non-hydrogen) atoms. The van der Waals surface area contributed by atoms with Crippen LogP contribution in [0.15, 0.2) is 66.0 Å². The van der Waals surface area contributed by atoms with Crippen LogP contribution in [0.1, 0.15) is 58.7 Å². The van der Waals surface area contributed by atoms with E-state index in [9.17, 15) is 23.9 Å². The molecule has 0 aliphatic heterocycles. The molecule has 0 saturated carbocycles. The second-order valence-electron chi connectivity index (χ2n) is 11.5. The monoisotopic (exact) mass is 595 g/mol. The summed E-state index contributed by atoms with van der Waals surface area (Å²) in [5.74, 6) is -0.857. The van der Waals surface area contributed by atoms with E-state index < -0.39 is 22.9 Å². The minimum atomic E-state index is -1.01. The van der Waals surface area contributed by atoms with Gasteiger partial charge < -0.3 is 25.3 Å². The molecule has 1 amide bonds. The molecular formula is C32H30FN7O4. The van der Waals surface area contributed by atoms with Crippen molar-refractivity contribution in [2.24, 2.45) is 0 Å². The average molecular weight is 596 g/mol. The van der Waals surface area contributed by atoms with Crippen LogP contribution in [-0.4, -0.2) is 46.5 Å². The molecule has 4 heterocycles. The topological polar surface area (TPSA) is 158 Å². The molecular weight excluding hydrogens is 565 g/mol. The van der Waals surface area contributed by atoms with Gasteiger partial charge in [-0.05, 0) is 62.6 Å². The average Bonchev–Trinajstić information content (AvgIpc) is 3.33. The molecule has 5 aromatic rings. The molecule has 1 aliphatic carbocycles. The van der Waals surface area contributed by atoms with Gasteiger partial charge in [0.2, 0.25) is 0 Å². The number of amides is 1. The number of nitrogens with zero attached hydrogens (tertiary/aromatic N) is 5. The molecule has 0 fully saturated rings. The summed E-state index contributed by atoms with van der Waals surface area (Å²) in [6.45, 7) is 3.67. The number of halogens is 1. The first-order chi connectivity index (χ1) is 21.0. The first-order valence-corrected chi connectivity index (χ1v) is 14.1. The van der Waals surface area contributed by atoms with Crippen molar-refractivity contribution in [1.29, 1.82) is 0 Å². The maximum atomic E-state index is 13.9. The van der Waals surface area contributed by atoms with Crippen LogP contribution >= 0.6 is 0 Å². The SMILES string of the molecule is CC(C)(O)Cn1cc(-c2ccc(NC(=O)c3cc4c(n(Cc5cccc(F)c5)c3=O)CCCC4=O)nc2)c2c(N)ncnc21. The molecule has 0 atom stereocenters. The minimum Gasteiger partial charge on any atom is -0.389 e. The Kier molecular flexibility index (Phi) is 7.30. The number of nitrogens with two attached hydrogens (primary N) is 1. The molecule has 0 spiro atoms. The molecule has 11 nitrogen and oxygen atoms in total. The Morgan fingerprint density at radius 2 is 1.91 bits per heavy atom. The third-order valence-electron chi connectivity index (χ3n) is 7.55. The molecule has 224 valence electrons. The number of pyridine rings is 2. The summed E-state index contributed by atoms with van der Waals surface area (Å²) in [6, 6.07) is 10.5. The van der Waals surface area contributed by atoms with Crippen LogP contribution in [0.4, 0.5) is 16.0 Å². The summed E-state index contributed by atoms with van der Waals surface area (Å²) < 4.78 is 17.1. The molecule has 6 rings (SSSR count). The highest BCUT2D eigenvalue weighted by atomic mass is 19.1. The van der Waals surface area contributed by atoms with Crippen molar-refractivity contribution in [3.05, 3.63) is 99.7 Å². The van der Waals surface area contributed by atoms with Gasteiger partial charge in [-0.15, -0.1) is 0 Å². The van der Waals surface area contributed by atoms with Gasteiger partial charge in [-0.1, -0.05) is 12.1 Å². The van der Waals surface area contributed by atoms with Crippen LogP contribution in [-0.2, 0) is 19.5 Å². The Labute approximate surface area is 251 Å². The fourth-order valence-corrected chi connectivity index (χ4v) is 5.63. The Morgan fingerprint density at radius 3 is 2.64 bits per heavy atom. The molecule has 0 radical (unpaired) electrons. The van der Waals surface area contributed by atoms with E-state index in [2.05, 4.69) is 20.3 Å². The molecule has 0 unspecified atom stereocenters. The lowest BCUT2D eigenvalue weighted by atomic mass is 9.92. The molecule has 1 aliphatic rings. The van der Waals surface area contributed by atoms with E-state index in [-0.39, 0.29) is 36.1 Å². The molecule has 1 aromatic carbocycles. The van der Waals surface area contributed by atoms with Gasteiger partial charge in [-0.3, -0.25) is 14.4 Å². The fourth-order valence-electron chi connectivity index (χ4n) is 5.63. The number of carbonyl (C=O) groups is 2. The Hall–Kier alpha value is -5.23. The number of ketones is 1. The number of fused-ring (bicyclic) bond motifs is 2. The first-order valence-electron chi connectivity index (χ1n) is 14.1. The number of carbonyl (C=O) groups excluding carboxylic acids is 2. The summed E-state index contributed by atoms with van der Waals surface area (Å²) >= 11 is 0. The van der Waals surface area contributed by atoms with E-state index in [4.69, 9.17) is 5.73 Å². The van der Waals surface area contributed by atoms with Crippen molar-refractivity contribution in [3.63, 3.8) is 0 Å². The van der Waals surface area contributed by atoms with Crippen molar-refractivity contribution in [1.82, 2.24) is 24.1 Å². The number of hydrogen-bond acceptors (Lipinski definition) is 8. The van der Waals surface area contributed by atoms with Crippen LogP contribution in [0.3, 0.4) is 0 Å². The molecule has 12 heteroatoms. The Balaban J connectivity index is 1.32. The number of aromatic nitrogens is 5. The lowest BCUT2D eigenvalue weighted by Gasteiger charge is -2.21. The third-order valence-corrected chi connectivity index (χ3v) is 7.55. The van der Waals surface area contributed by atoms with Gasteiger partial charge in [0, 0.05) is 41.2 Å². The first kappa shape index (κ1) is 28.9. The van der Waals surface area contributed by atoms with Crippen molar-refractivity contribution in [2.45, 2.75) is 51.8 Å². The van der Waals surface area contributed by atoms with Gasteiger partial charge in [0.1, 0.15) is 35.0 Å². The van der Waals surface area contributed by atoms with Gasteiger partial charge in [-0.2, -0.15) is 0 Å². The van der Waals surface area contributed by atoms with Gasteiger partial charge >= 0.3 is 0 Å². The largest absolute Gasteiger partial charge is 0.389 e. The van der Waals surface area contributed by atoms with Crippen LogP contribution < -0.4 is 16.6 Å². The number of nitrogens with one attached hydrogen (secondary N) is 1. The zero-order valence-electron chi connectivity index (χ0n) is 24.2. The summed E-state index contributed by atoms with van der Waals surface area (Å²) in [5, 5.41) is 13.7. The highest BCUT2D eigenvalue weighted by Crippen LogP contribution is 2.33. The lowest BCUT2D eigenvalue weighted by Crippen LogP contribution is -2.34. The number of benzene rings is 1. The Bertz CT molecular complexity index is 1990. The number of hydrogen-bond donors (Lipinski definition) is 3. The smallest absolute Gasteiger partial charge is 0.263 e. The predicted molar refractivity (Wildman–Crippen MR) is 163 cm³/mol. The second kappa shape index (κ2) is 11.1. The summed E-state index contributed by atoms with van der Waals surface area (Å²) in [6.07, 6.45) is 6.12. The van der Waals surface area contributed by atoms with Crippen LogP contribution in [0, 0.1) is 5.82 Å². The van der Waals surface area contributed by atoms with Gasteiger partial charge in [0.15, 0.2) is 5.78 Å². The summed E-state index contributed by atoms with van der Waals surface area (Å²) in [5.41, 5.74) is 7.73. The zero-order chi connectivity index (χ0) is 31.2. The van der Waals surface area contributed by atoms with Gasteiger partial charge in [0.05, 0.1) is 24.1 Å². The van der Waals surface area contributed by atoms with Crippen molar-refractivity contribution in [2.75, 3.05) is 11.1 Å². The Morgan fingerprint density at radius 1 is 1.09 bits per heavy atom. The zero-order valence-corrected chi connectivity index (χ0v) is 24.2. The standard InChI is InChI=1S/C32H30FN7O4/c1-32(2,44)16-39-15-23(27-28(34)36-17-37-29(27)39)19-9-10-26(35-13-19)38-30(42)22-12-21-24(7-4-8-25(21)41)40(31(22)43)14-18-5-3-6-20(33)11-18/h3,5-6,9-13,15,17,44H,4,7-8,14,16H2,1-2H3,(H2,34,36,37)(H,35,38,42). The van der Waals surface area contributed by atoms with E-state index >= 15 is 0 Å². The number of rotatable bonds is 7. The predicted octanol–water partition coefficient (Wildman–Crippen LogP) is 3.97. The van der Waals surface area contributed by atoms with Crippen molar-refractivity contribution >= 4 is 34.4 Å². The van der Waals surface area contributed by atoms with Crippen LogP contribution in [0.2, 0.25) is 0 Å². The van der Waals surface area contributed by atoms with Crippen molar-refractivity contribution in [3.8, 4) is 11.1 Å². The van der Waals surface area contributed by atoms with Crippen LogP contribution in [0.5, 0.6) is 0 Å². The molecule has 0 saturated heterocycles. The van der Waals surface area contributed by atoms with E-state index in [1.54, 1.807) is 48.9 Å². The summed E-state index contributed by atoms with van der Waals surface area (Å²) in [7, 11) is 0. The van der Waals surface area contributed by atoms with Crippen molar-refractivity contribution < 1.29 is 19.1 Å². The maximum Gasteiger partial charge on any atom is 0.263 e. The fraction of sp³-hybridized carbons (Fsp3) is 0.250. The lowest BCUT2D eigenvalue weighted by molar-refractivity contribution is 0.0627. The summed E-state index contributed by atoms with van der Waals surface area (Å²) in [4.78, 5) is 52.7. The highest BCUT2D eigenvalue weighted by molar-refractivity contribution is 6.06. The molecule has 4 aromatic heterocycles. The minimum absolute atomic E-state index is 0.0220. The third kappa shape index (κ3) is 5.59. The van der Waals surface area contributed by atoms with Crippen LogP contribution in [0.25, 0.3) is 22.2 Å². The van der Waals surface area contributed by atoms with E-state index in [1.165, 1.54) is 29.1 Å². The number of nitrogen functional groups attached to an aromatic ring is 1.